The third kappa shape index (κ3) is 5.26. The van der Waals surface area contributed by atoms with Crippen LogP contribution in [0.2, 0.25) is 0 Å². The molecule has 2 saturated heterocycles. The molecule has 2 fully saturated rings. The normalized spacial score (nSPS) is 20.5. The molecular weight excluding hydrogens is 390 g/mol. The summed E-state index contributed by atoms with van der Waals surface area (Å²) >= 11 is 0. The van der Waals surface area contributed by atoms with Crippen LogP contribution in [0.1, 0.15) is 61.5 Å². The Labute approximate surface area is 184 Å². The highest BCUT2D eigenvalue weighted by Crippen LogP contribution is 2.23. The third-order valence-electron chi connectivity index (χ3n) is 6.94. The van der Waals surface area contributed by atoms with Crippen LogP contribution in [-0.2, 0) is 4.79 Å². The van der Waals surface area contributed by atoms with Gasteiger partial charge in [0, 0.05) is 44.5 Å². The van der Waals surface area contributed by atoms with Crippen LogP contribution < -0.4 is 5.32 Å². The van der Waals surface area contributed by atoms with Gasteiger partial charge in [0.05, 0.1) is 0 Å². The molecule has 4 rings (SSSR count). The van der Waals surface area contributed by atoms with Crippen LogP contribution in [0, 0.1) is 12.8 Å². The lowest BCUT2D eigenvalue weighted by Crippen LogP contribution is -2.40. The summed E-state index contributed by atoms with van der Waals surface area (Å²) in [4.78, 5) is 34.0. The number of aryl methyl sites for hydroxylation is 1. The van der Waals surface area contributed by atoms with Gasteiger partial charge in [-0.3, -0.25) is 14.5 Å². The first kappa shape index (κ1) is 21.8. The molecule has 0 aliphatic carbocycles. The van der Waals surface area contributed by atoms with Gasteiger partial charge >= 0.3 is 0 Å². The SMILES string of the molecule is CCN1CCC[C@@H]1CNC(=O)CCC1CCN(C(=O)c2cn3cc(C)ccc3n2)CC1. The van der Waals surface area contributed by atoms with E-state index in [2.05, 4.69) is 22.1 Å². The summed E-state index contributed by atoms with van der Waals surface area (Å²) < 4.78 is 1.92. The molecule has 2 aromatic rings. The predicted octanol–water partition coefficient (Wildman–Crippen LogP) is 2.88. The van der Waals surface area contributed by atoms with Crippen LogP contribution in [0.4, 0.5) is 0 Å². The lowest BCUT2D eigenvalue weighted by atomic mass is 9.92. The Morgan fingerprint density at radius 1 is 1.13 bits per heavy atom. The maximum Gasteiger partial charge on any atom is 0.274 e. The molecule has 31 heavy (non-hydrogen) atoms. The van der Waals surface area contributed by atoms with E-state index < -0.39 is 0 Å². The Morgan fingerprint density at radius 2 is 1.94 bits per heavy atom. The van der Waals surface area contributed by atoms with Crippen molar-refractivity contribution >= 4 is 17.5 Å². The quantitative estimate of drug-likeness (QED) is 0.741. The number of rotatable bonds is 7. The van der Waals surface area contributed by atoms with E-state index in [0.717, 1.165) is 63.2 Å². The first-order chi connectivity index (χ1) is 15.0. The fourth-order valence-corrected chi connectivity index (χ4v) is 4.99. The molecule has 2 aliphatic rings. The maximum absolute atomic E-state index is 12.9. The van der Waals surface area contributed by atoms with Gasteiger partial charge in [0.15, 0.2) is 0 Å². The number of piperidine rings is 1. The van der Waals surface area contributed by atoms with Crippen molar-refractivity contribution in [2.45, 2.75) is 58.4 Å². The van der Waals surface area contributed by atoms with E-state index in [0.29, 0.717) is 24.1 Å². The third-order valence-corrected chi connectivity index (χ3v) is 6.94. The summed E-state index contributed by atoms with van der Waals surface area (Å²) in [5, 5.41) is 3.14. The molecular formula is C24H35N5O2. The highest BCUT2D eigenvalue weighted by atomic mass is 16.2. The van der Waals surface area contributed by atoms with E-state index in [-0.39, 0.29) is 11.8 Å². The number of carbonyl (C=O) groups excluding carboxylic acids is 2. The minimum Gasteiger partial charge on any atom is -0.355 e. The largest absolute Gasteiger partial charge is 0.355 e. The number of aromatic nitrogens is 2. The number of nitrogens with one attached hydrogen (secondary N) is 1. The summed E-state index contributed by atoms with van der Waals surface area (Å²) in [5.41, 5.74) is 2.45. The number of hydrogen-bond acceptors (Lipinski definition) is 4. The first-order valence-corrected chi connectivity index (χ1v) is 11.8. The van der Waals surface area contributed by atoms with Crippen LogP contribution in [0.3, 0.4) is 0 Å². The van der Waals surface area contributed by atoms with Gasteiger partial charge in [-0.15, -0.1) is 0 Å². The average Bonchev–Trinajstić information content (AvgIpc) is 3.42. The number of likely N-dealkylation sites (N-methyl/N-ethyl adjacent to an activating group) is 1. The number of fused-ring (bicyclic) bond motifs is 1. The van der Waals surface area contributed by atoms with Crippen molar-refractivity contribution in [3.8, 4) is 0 Å². The summed E-state index contributed by atoms with van der Waals surface area (Å²) in [6, 6.07) is 4.45. The van der Waals surface area contributed by atoms with Gasteiger partial charge in [-0.25, -0.2) is 4.98 Å². The van der Waals surface area contributed by atoms with Crippen molar-refractivity contribution in [1.82, 2.24) is 24.5 Å². The second-order valence-corrected chi connectivity index (χ2v) is 9.10. The van der Waals surface area contributed by atoms with Crippen LogP contribution in [0.5, 0.6) is 0 Å². The number of hydrogen-bond donors (Lipinski definition) is 1. The van der Waals surface area contributed by atoms with Gasteiger partial charge in [0.1, 0.15) is 11.3 Å². The molecule has 4 heterocycles. The van der Waals surface area contributed by atoms with Crippen LogP contribution in [-0.4, -0.2) is 69.8 Å². The zero-order valence-electron chi connectivity index (χ0n) is 18.8. The van der Waals surface area contributed by atoms with Crippen molar-refractivity contribution in [2.24, 2.45) is 5.92 Å². The lowest BCUT2D eigenvalue weighted by Gasteiger charge is -2.31. The molecule has 0 aromatic carbocycles. The fourth-order valence-electron chi connectivity index (χ4n) is 4.99. The van der Waals surface area contributed by atoms with Crippen molar-refractivity contribution in [3.05, 3.63) is 35.8 Å². The van der Waals surface area contributed by atoms with Gasteiger partial charge in [-0.1, -0.05) is 13.0 Å². The molecule has 1 atom stereocenters. The first-order valence-electron chi connectivity index (χ1n) is 11.8. The monoisotopic (exact) mass is 425 g/mol. The topological polar surface area (TPSA) is 70.0 Å². The van der Waals surface area contributed by atoms with E-state index in [9.17, 15) is 9.59 Å². The highest BCUT2D eigenvalue weighted by molar-refractivity contribution is 5.93. The molecule has 7 nitrogen and oxygen atoms in total. The number of carbonyl (C=O) groups is 2. The van der Waals surface area contributed by atoms with E-state index in [4.69, 9.17) is 0 Å². The smallest absolute Gasteiger partial charge is 0.274 e. The predicted molar refractivity (Wildman–Crippen MR) is 121 cm³/mol. The minimum atomic E-state index is 0.00888. The number of pyridine rings is 1. The van der Waals surface area contributed by atoms with Gasteiger partial charge < -0.3 is 14.6 Å². The molecule has 7 heteroatoms. The summed E-state index contributed by atoms with van der Waals surface area (Å²) in [7, 11) is 0. The van der Waals surface area contributed by atoms with Crippen LogP contribution in [0.15, 0.2) is 24.5 Å². The number of imidazole rings is 1. The van der Waals surface area contributed by atoms with Crippen molar-refractivity contribution in [2.75, 3.05) is 32.7 Å². The summed E-state index contributed by atoms with van der Waals surface area (Å²) in [6.07, 6.45) is 9.64. The van der Waals surface area contributed by atoms with Crippen LogP contribution >= 0.6 is 0 Å². The molecule has 2 aromatic heterocycles. The molecule has 0 unspecified atom stereocenters. The minimum absolute atomic E-state index is 0.00888. The second kappa shape index (κ2) is 9.81. The fraction of sp³-hybridized carbons (Fsp3) is 0.625. The van der Waals surface area contributed by atoms with E-state index >= 15 is 0 Å². The van der Waals surface area contributed by atoms with E-state index in [1.54, 1.807) is 0 Å². The summed E-state index contributed by atoms with van der Waals surface area (Å²) in [6.45, 7) is 8.69. The number of likely N-dealkylation sites (tertiary alicyclic amines) is 2. The van der Waals surface area contributed by atoms with Crippen LogP contribution in [0.25, 0.3) is 5.65 Å². The second-order valence-electron chi connectivity index (χ2n) is 9.10. The zero-order valence-corrected chi connectivity index (χ0v) is 18.8. The van der Waals surface area contributed by atoms with Gasteiger partial charge in [-0.05, 0) is 69.7 Å². The molecule has 0 radical (unpaired) electrons. The number of amides is 2. The molecule has 168 valence electrons. The molecule has 2 amide bonds. The molecule has 2 aliphatic heterocycles. The van der Waals surface area contributed by atoms with E-state index in [1.165, 1.54) is 12.8 Å². The Morgan fingerprint density at radius 3 is 2.71 bits per heavy atom. The Kier molecular flexibility index (Phi) is 6.90. The summed E-state index contributed by atoms with van der Waals surface area (Å²) in [5.74, 6) is 0.688. The van der Waals surface area contributed by atoms with E-state index in [1.807, 2.05) is 40.8 Å². The maximum atomic E-state index is 12.9. The van der Waals surface area contributed by atoms with Crippen molar-refractivity contribution in [3.63, 3.8) is 0 Å². The standard InChI is InChI=1S/C24H35N5O2/c1-3-27-12-4-5-20(27)15-25-23(30)9-7-19-10-13-28(14-11-19)24(31)21-17-29-16-18(2)6-8-22(29)26-21/h6,8,16-17,19-20H,3-5,7,9-15H2,1-2H3,(H,25,30)/t20-/m1/s1. The Hall–Kier alpha value is -2.41. The van der Waals surface area contributed by atoms with Gasteiger partial charge in [0.2, 0.25) is 5.91 Å². The number of nitrogens with zero attached hydrogens (tertiary/aromatic N) is 4. The molecule has 1 N–H and O–H groups in total. The van der Waals surface area contributed by atoms with Crippen molar-refractivity contribution < 1.29 is 9.59 Å². The molecule has 0 spiro atoms. The highest BCUT2D eigenvalue weighted by Gasteiger charge is 2.26. The molecule has 0 saturated carbocycles. The van der Waals surface area contributed by atoms with Gasteiger partial charge in [-0.2, -0.15) is 0 Å². The lowest BCUT2D eigenvalue weighted by molar-refractivity contribution is -0.121. The molecule has 0 bridgehead atoms. The zero-order chi connectivity index (χ0) is 21.8. The Bertz CT molecular complexity index is 916. The van der Waals surface area contributed by atoms with Crippen molar-refractivity contribution in [1.29, 1.82) is 0 Å². The Balaban J connectivity index is 1.19. The van der Waals surface area contributed by atoms with Gasteiger partial charge in [0.25, 0.3) is 5.91 Å². The average molecular weight is 426 g/mol.